The van der Waals surface area contributed by atoms with Crippen LogP contribution in [0.25, 0.3) is 11.4 Å². The van der Waals surface area contributed by atoms with Crippen LogP contribution < -0.4 is 10.2 Å². The van der Waals surface area contributed by atoms with E-state index in [2.05, 4.69) is 68.4 Å². The first-order valence-electron chi connectivity index (χ1n) is 12.3. The van der Waals surface area contributed by atoms with E-state index in [0.717, 1.165) is 49.5 Å². The van der Waals surface area contributed by atoms with Crippen molar-refractivity contribution < 1.29 is 4.79 Å². The van der Waals surface area contributed by atoms with Crippen molar-refractivity contribution >= 4 is 11.7 Å². The molecule has 36 heavy (non-hydrogen) atoms. The van der Waals surface area contributed by atoms with Crippen molar-refractivity contribution in [3.8, 4) is 11.4 Å². The Morgan fingerprint density at radius 2 is 1.72 bits per heavy atom. The summed E-state index contributed by atoms with van der Waals surface area (Å²) in [6.45, 7) is 6.69. The maximum absolute atomic E-state index is 13.2. The summed E-state index contributed by atoms with van der Waals surface area (Å²) in [6.07, 6.45) is 3.38. The second kappa shape index (κ2) is 11.1. The average molecular weight is 479 g/mol. The molecule has 1 aliphatic rings. The fourth-order valence-electron chi connectivity index (χ4n) is 4.43. The van der Waals surface area contributed by atoms with E-state index in [4.69, 9.17) is 4.98 Å². The van der Waals surface area contributed by atoms with Gasteiger partial charge in [0.1, 0.15) is 11.4 Å². The fourth-order valence-corrected chi connectivity index (χ4v) is 4.43. The van der Waals surface area contributed by atoms with Crippen LogP contribution in [0.3, 0.4) is 0 Å². The fraction of sp³-hybridized carbons (Fsp3) is 0.241. The minimum atomic E-state index is -0.196. The molecule has 0 saturated carbocycles. The van der Waals surface area contributed by atoms with Gasteiger partial charge in [0.25, 0.3) is 5.91 Å². The van der Waals surface area contributed by atoms with Gasteiger partial charge in [-0.3, -0.25) is 14.7 Å². The number of hydrogen-bond acceptors (Lipinski definition) is 6. The predicted molar refractivity (Wildman–Crippen MR) is 142 cm³/mol. The zero-order valence-electron chi connectivity index (χ0n) is 20.5. The Hall–Kier alpha value is -4.10. The molecule has 0 radical (unpaired) electrons. The summed E-state index contributed by atoms with van der Waals surface area (Å²) in [5, 5.41) is 2.99. The number of hydrogen-bond donors (Lipinski definition) is 1. The van der Waals surface area contributed by atoms with Gasteiger partial charge in [0.05, 0.1) is 12.2 Å². The van der Waals surface area contributed by atoms with Crippen molar-refractivity contribution in [3.63, 3.8) is 0 Å². The normalized spacial score (nSPS) is 14.0. The number of carbonyl (C=O) groups is 1. The third-order valence-corrected chi connectivity index (χ3v) is 6.37. The van der Waals surface area contributed by atoms with Crippen molar-refractivity contribution in [3.05, 3.63) is 108 Å². The van der Waals surface area contributed by atoms with E-state index in [0.29, 0.717) is 23.8 Å². The number of aryl methyl sites for hydroxylation is 1. The van der Waals surface area contributed by atoms with Gasteiger partial charge >= 0.3 is 0 Å². The number of carbonyl (C=O) groups excluding carboxylic acids is 1. The van der Waals surface area contributed by atoms with Gasteiger partial charge in [-0.25, -0.2) is 9.97 Å². The van der Waals surface area contributed by atoms with Crippen LogP contribution in [-0.4, -0.2) is 51.9 Å². The smallest absolute Gasteiger partial charge is 0.256 e. The SMILES string of the molecule is Cc1cccc(-c2ncc(C(=O)NCc3ccccn3)c(N3CCN(Cc4ccccc4)CC3)n2)c1. The minimum absolute atomic E-state index is 0.196. The number of rotatable bonds is 7. The van der Waals surface area contributed by atoms with Crippen LogP contribution in [0.4, 0.5) is 5.82 Å². The van der Waals surface area contributed by atoms with E-state index in [9.17, 15) is 4.79 Å². The lowest BCUT2D eigenvalue weighted by Crippen LogP contribution is -2.47. The lowest BCUT2D eigenvalue weighted by Gasteiger charge is -2.36. The maximum atomic E-state index is 13.2. The van der Waals surface area contributed by atoms with E-state index < -0.39 is 0 Å². The Kier molecular flexibility index (Phi) is 7.28. The van der Waals surface area contributed by atoms with E-state index in [1.807, 2.05) is 36.4 Å². The van der Waals surface area contributed by atoms with Crippen LogP contribution in [-0.2, 0) is 13.1 Å². The number of pyridine rings is 1. The second-order valence-electron chi connectivity index (χ2n) is 9.05. The highest BCUT2D eigenvalue weighted by Crippen LogP contribution is 2.24. The highest BCUT2D eigenvalue weighted by Gasteiger charge is 2.24. The number of benzene rings is 2. The van der Waals surface area contributed by atoms with Gasteiger partial charge in [-0.2, -0.15) is 0 Å². The molecule has 1 fully saturated rings. The molecule has 182 valence electrons. The van der Waals surface area contributed by atoms with Gasteiger partial charge in [-0.05, 0) is 30.7 Å². The monoisotopic (exact) mass is 478 g/mol. The molecule has 0 aliphatic carbocycles. The van der Waals surface area contributed by atoms with Crippen molar-refractivity contribution in [1.29, 1.82) is 0 Å². The topological polar surface area (TPSA) is 74.2 Å². The Balaban J connectivity index is 1.37. The number of anilines is 1. The van der Waals surface area contributed by atoms with Crippen molar-refractivity contribution in [1.82, 2.24) is 25.2 Å². The first kappa shape index (κ1) is 23.6. The molecule has 7 heteroatoms. The van der Waals surface area contributed by atoms with Crippen molar-refractivity contribution in [2.75, 3.05) is 31.1 Å². The quantitative estimate of drug-likeness (QED) is 0.431. The largest absolute Gasteiger partial charge is 0.353 e. The number of aromatic nitrogens is 3. The van der Waals surface area contributed by atoms with Crippen LogP contribution in [0.2, 0.25) is 0 Å². The van der Waals surface area contributed by atoms with Gasteiger partial charge in [-0.15, -0.1) is 0 Å². The molecular weight excluding hydrogens is 448 g/mol. The van der Waals surface area contributed by atoms with Gasteiger partial charge < -0.3 is 10.2 Å². The van der Waals surface area contributed by atoms with E-state index >= 15 is 0 Å². The number of nitrogens with one attached hydrogen (secondary N) is 1. The van der Waals surface area contributed by atoms with Crippen LogP contribution in [0.5, 0.6) is 0 Å². The Morgan fingerprint density at radius 1 is 0.917 bits per heavy atom. The molecule has 5 rings (SSSR count). The van der Waals surface area contributed by atoms with Crippen molar-refractivity contribution in [2.24, 2.45) is 0 Å². The maximum Gasteiger partial charge on any atom is 0.256 e. The molecule has 0 bridgehead atoms. The zero-order chi connectivity index (χ0) is 24.7. The van der Waals surface area contributed by atoms with Gasteiger partial charge in [0.15, 0.2) is 5.82 Å². The number of nitrogens with zero attached hydrogens (tertiary/aromatic N) is 5. The summed E-state index contributed by atoms with van der Waals surface area (Å²) >= 11 is 0. The van der Waals surface area contributed by atoms with Crippen LogP contribution in [0.15, 0.2) is 85.2 Å². The van der Waals surface area contributed by atoms with E-state index in [-0.39, 0.29) is 5.91 Å². The standard InChI is InChI=1S/C29H30N6O/c1-22-8-7-11-24(18-22)27-31-20-26(29(36)32-19-25-12-5-6-13-30-25)28(33-27)35-16-14-34(15-17-35)21-23-9-3-2-4-10-23/h2-13,18,20H,14-17,19,21H2,1H3,(H,32,36). The summed E-state index contributed by atoms with van der Waals surface area (Å²) in [6, 6.07) is 24.3. The van der Waals surface area contributed by atoms with Crippen LogP contribution >= 0.6 is 0 Å². The van der Waals surface area contributed by atoms with Gasteiger partial charge in [-0.1, -0.05) is 60.2 Å². The molecular formula is C29H30N6O. The average Bonchev–Trinajstić information content (AvgIpc) is 2.93. The molecule has 1 saturated heterocycles. The van der Waals surface area contributed by atoms with Crippen molar-refractivity contribution in [2.45, 2.75) is 20.0 Å². The molecule has 1 amide bonds. The lowest BCUT2D eigenvalue weighted by molar-refractivity contribution is 0.0950. The molecule has 2 aromatic heterocycles. The first-order chi connectivity index (χ1) is 17.7. The summed E-state index contributed by atoms with van der Waals surface area (Å²) in [5.41, 5.74) is 4.69. The van der Waals surface area contributed by atoms with E-state index in [1.54, 1.807) is 12.4 Å². The first-order valence-corrected chi connectivity index (χ1v) is 12.3. The highest BCUT2D eigenvalue weighted by molar-refractivity contribution is 5.98. The summed E-state index contributed by atoms with van der Waals surface area (Å²) in [5.74, 6) is 1.11. The molecule has 4 aromatic rings. The molecule has 0 spiro atoms. The predicted octanol–water partition coefficient (Wildman–Crippen LogP) is 4.10. The number of amides is 1. The highest BCUT2D eigenvalue weighted by atomic mass is 16.1. The molecule has 0 unspecified atom stereocenters. The molecule has 3 heterocycles. The van der Waals surface area contributed by atoms with Gasteiger partial charge in [0, 0.05) is 50.7 Å². The summed E-state index contributed by atoms with van der Waals surface area (Å²) in [4.78, 5) is 31.7. The molecule has 0 atom stereocenters. The Labute approximate surface area is 211 Å². The minimum Gasteiger partial charge on any atom is -0.353 e. The molecule has 1 N–H and O–H groups in total. The Morgan fingerprint density at radius 3 is 2.47 bits per heavy atom. The third-order valence-electron chi connectivity index (χ3n) is 6.37. The molecule has 1 aliphatic heterocycles. The van der Waals surface area contributed by atoms with Gasteiger partial charge in [0.2, 0.25) is 0 Å². The molecule has 2 aromatic carbocycles. The summed E-state index contributed by atoms with van der Waals surface area (Å²) < 4.78 is 0. The van der Waals surface area contributed by atoms with Crippen LogP contribution in [0, 0.1) is 6.92 Å². The summed E-state index contributed by atoms with van der Waals surface area (Å²) in [7, 11) is 0. The van der Waals surface area contributed by atoms with Crippen LogP contribution in [0.1, 0.15) is 27.2 Å². The van der Waals surface area contributed by atoms with E-state index in [1.165, 1.54) is 5.56 Å². The number of piperazine rings is 1. The molecule has 7 nitrogen and oxygen atoms in total. The third kappa shape index (κ3) is 5.75. The second-order valence-corrected chi connectivity index (χ2v) is 9.05. The zero-order valence-corrected chi connectivity index (χ0v) is 20.5. The Bertz CT molecular complexity index is 1300. The lowest BCUT2D eigenvalue weighted by atomic mass is 10.1.